The monoisotopic (exact) mass is 425 g/mol. The summed E-state index contributed by atoms with van der Waals surface area (Å²) in [5.41, 5.74) is 0.795. The SMILES string of the molecule is O=c1n(-c2ccccc2)c(=O)n2c(-c3ccc([N+](=O)[O-])cc3)ncc(-c3ccccc3)n12. The highest BCUT2D eigenvalue weighted by Gasteiger charge is 2.21. The topological polar surface area (TPSA) is 104 Å². The van der Waals surface area contributed by atoms with Crippen molar-refractivity contribution in [2.24, 2.45) is 0 Å². The predicted octanol–water partition coefficient (Wildman–Crippen LogP) is 3.19. The minimum Gasteiger partial charge on any atom is -0.258 e. The largest absolute Gasteiger partial charge is 0.358 e. The molecule has 5 rings (SSSR count). The number of rotatable bonds is 4. The molecule has 3 aromatic carbocycles. The van der Waals surface area contributed by atoms with Crippen molar-refractivity contribution in [2.75, 3.05) is 0 Å². The Hall–Kier alpha value is -4.79. The molecule has 32 heavy (non-hydrogen) atoms. The molecule has 0 N–H and O–H groups in total. The van der Waals surface area contributed by atoms with E-state index in [0.29, 0.717) is 22.5 Å². The quantitative estimate of drug-likeness (QED) is 0.325. The molecule has 0 spiro atoms. The van der Waals surface area contributed by atoms with Crippen LogP contribution < -0.4 is 11.4 Å². The first-order valence-corrected chi connectivity index (χ1v) is 9.68. The second-order valence-corrected chi connectivity index (χ2v) is 7.00. The number of benzene rings is 3. The normalized spacial score (nSPS) is 11.0. The van der Waals surface area contributed by atoms with E-state index in [9.17, 15) is 19.7 Å². The Bertz CT molecular complexity index is 1570. The molecule has 0 bridgehead atoms. The summed E-state index contributed by atoms with van der Waals surface area (Å²) in [5, 5.41) is 11.0. The van der Waals surface area contributed by atoms with Gasteiger partial charge >= 0.3 is 11.4 Å². The van der Waals surface area contributed by atoms with Crippen molar-refractivity contribution in [3.8, 4) is 28.3 Å². The van der Waals surface area contributed by atoms with Crippen molar-refractivity contribution in [3.63, 3.8) is 0 Å². The van der Waals surface area contributed by atoms with Crippen molar-refractivity contribution < 1.29 is 4.92 Å². The van der Waals surface area contributed by atoms with E-state index in [-0.39, 0.29) is 11.5 Å². The van der Waals surface area contributed by atoms with Crippen LogP contribution in [0.3, 0.4) is 0 Å². The lowest BCUT2D eigenvalue weighted by Crippen LogP contribution is -2.26. The smallest absolute Gasteiger partial charge is 0.258 e. The zero-order chi connectivity index (χ0) is 22.2. The fourth-order valence-corrected chi connectivity index (χ4v) is 3.60. The van der Waals surface area contributed by atoms with Gasteiger partial charge in [0.1, 0.15) is 0 Å². The van der Waals surface area contributed by atoms with Gasteiger partial charge in [0, 0.05) is 23.3 Å². The third-order valence-corrected chi connectivity index (χ3v) is 5.10. The van der Waals surface area contributed by atoms with Crippen LogP contribution >= 0.6 is 0 Å². The molecule has 0 unspecified atom stereocenters. The summed E-state index contributed by atoms with van der Waals surface area (Å²) in [6.45, 7) is 0. The molecule has 0 aliphatic heterocycles. The Kier molecular flexibility index (Phi) is 4.48. The Morgan fingerprint density at radius 2 is 1.31 bits per heavy atom. The molecule has 0 fully saturated rings. The predicted molar refractivity (Wildman–Crippen MR) is 118 cm³/mol. The number of hydrogen-bond donors (Lipinski definition) is 0. The summed E-state index contributed by atoms with van der Waals surface area (Å²) in [4.78, 5) is 41.9. The van der Waals surface area contributed by atoms with Crippen LogP contribution in [0.1, 0.15) is 0 Å². The van der Waals surface area contributed by atoms with Gasteiger partial charge in [-0.05, 0) is 24.3 Å². The second-order valence-electron chi connectivity index (χ2n) is 7.00. The van der Waals surface area contributed by atoms with Gasteiger partial charge in [0.05, 0.1) is 22.5 Å². The van der Waals surface area contributed by atoms with Crippen molar-refractivity contribution in [1.29, 1.82) is 0 Å². The number of nitro groups is 1. The second kappa shape index (κ2) is 7.47. The zero-order valence-electron chi connectivity index (χ0n) is 16.5. The van der Waals surface area contributed by atoms with E-state index in [0.717, 1.165) is 4.57 Å². The average molecular weight is 425 g/mol. The first-order valence-electron chi connectivity index (χ1n) is 9.68. The first kappa shape index (κ1) is 19.2. The summed E-state index contributed by atoms with van der Waals surface area (Å²) < 4.78 is 3.54. The number of aromatic nitrogens is 4. The van der Waals surface area contributed by atoms with Gasteiger partial charge in [-0.3, -0.25) is 10.1 Å². The fraction of sp³-hybridized carbons (Fsp3) is 0. The highest BCUT2D eigenvalue weighted by Crippen LogP contribution is 2.23. The molecule has 9 heteroatoms. The van der Waals surface area contributed by atoms with Gasteiger partial charge in [0.2, 0.25) is 0 Å². The van der Waals surface area contributed by atoms with Gasteiger partial charge < -0.3 is 0 Å². The molecule has 2 heterocycles. The number of non-ortho nitro benzene ring substituents is 1. The van der Waals surface area contributed by atoms with E-state index in [2.05, 4.69) is 4.98 Å². The molecule has 156 valence electrons. The molecule has 0 saturated heterocycles. The third kappa shape index (κ3) is 3.00. The Balaban J connectivity index is 1.87. The molecule has 0 atom stereocenters. The van der Waals surface area contributed by atoms with Gasteiger partial charge in [-0.2, -0.15) is 9.03 Å². The van der Waals surface area contributed by atoms with E-state index in [1.807, 2.05) is 30.3 Å². The lowest BCUT2D eigenvalue weighted by Gasteiger charge is -2.09. The minimum absolute atomic E-state index is 0.0859. The number of nitrogens with zero attached hydrogens (tertiary/aromatic N) is 5. The van der Waals surface area contributed by atoms with Crippen molar-refractivity contribution in [2.45, 2.75) is 0 Å². The van der Waals surface area contributed by atoms with Crippen molar-refractivity contribution in [1.82, 2.24) is 18.6 Å². The summed E-state index contributed by atoms with van der Waals surface area (Å²) in [5.74, 6) is 0.191. The van der Waals surface area contributed by atoms with E-state index < -0.39 is 16.3 Å². The van der Waals surface area contributed by atoms with E-state index in [4.69, 9.17) is 0 Å². The maximum Gasteiger partial charge on any atom is 0.358 e. The third-order valence-electron chi connectivity index (χ3n) is 5.10. The molecule has 0 amide bonds. The maximum absolute atomic E-state index is 13.5. The standard InChI is InChI=1S/C23H15N5O4/c29-22-25(18-9-5-2-6-10-18)23(30)27-21(17-11-13-19(14-12-17)28(31)32)24-15-20(26(22)27)16-7-3-1-4-8-16/h1-15H. The van der Waals surface area contributed by atoms with Crippen LogP contribution in [0.15, 0.2) is 101 Å². The lowest BCUT2D eigenvalue weighted by atomic mass is 10.1. The Labute approximate surface area is 180 Å². The van der Waals surface area contributed by atoms with Gasteiger partial charge in [-0.15, -0.1) is 0 Å². The molecule has 5 aromatic rings. The molecule has 0 aliphatic rings. The molecular weight excluding hydrogens is 410 g/mol. The van der Waals surface area contributed by atoms with Gasteiger partial charge in [0.25, 0.3) is 5.69 Å². The van der Waals surface area contributed by atoms with Crippen molar-refractivity contribution in [3.05, 3.63) is 122 Å². The Morgan fingerprint density at radius 3 is 1.94 bits per heavy atom. The molecule has 0 radical (unpaired) electrons. The maximum atomic E-state index is 13.5. The average Bonchev–Trinajstić information content (AvgIpc) is 3.10. The number of para-hydroxylation sites is 1. The zero-order valence-corrected chi connectivity index (χ0v) is 16.5. The molecule has 0 aliphatic carbocycles. The van der Waals surface area contributed by atoms with Crippen LogP contribution in [0.5, 0.6) is 0 Å². The number of nitro benzene ring substituents is 1. The molecule has 9 nitrogen and oxygen atoms in total. The summed E-state index contributed by atoms with van der Waals surface area (Å²) in [6.07, 6.45) is 1.52. The van der Waals surface area contributed by atoms with Crippen molar-refractivity contribution >= 4 is 5.69 Å². The number of fused-ring (bicyclic) bond motifs is 1. The summed E-state index contributed by atoms with van der Waals surface area (Å²) in [7, 11) is 0. The molecule has 0 saturated carbocycles. The lowest BCUT2D eigenvalue weighted by molar-refractivity contribution is -0.384. The van der Waals surface area contributed by atoms with Crippen LogP contribution in [0, 0.1) is 10.1 Å². The Morgan fingerprint density at radius 1 is 0.719 bits per heavy atom. The van der Waals surface area contributed by atoms with Crippen LogP contribution in [-0.4, -0.2) is 23.5 Å². The van der Waals surface area contributed by atoms with E-state index in [1.165, 1.54) is 39.5 Å². The first-order chi connectivity index (χ1) is 15.6. The van der Waals surface area contributed by atoms with Gasteiger partial charge in [-0.1, -0.05) is 48.5 Å². The van der Waals surface area contributed by atoms with Gasteiger partial charge in [0.15, 0.2) is 5.82 Å². The van der Waals surface area contributed by atoms with E-state index in [1.54, 1.807) is 30.3 Å². The molecular formula is C23H15N5O4. The highest BCUT2D eigenvalue weighted by atomic mass is 16.6. The van der Waals surface area contributed by atoms with Crippen LogP contribution in [0.4, 0.5) is 5.69 Å². The van der Waals surface area contributed by atoms with Crippen LogP contribution in [0.25, 0.3) is 28.3 Å². The minimum atomic E-state index is -0.597. The highest BCUT2D eigenvalue weighted by molar-refractivity contribution is 5.62. The van der Waals surface area contributed by atoms with Crippen LogP contribution in [0.2, 0.25) is 0 Å². The van der Waals surface area contributed by atoms with Gasteiger partial charge in [-0.25, -0.2) is 19.1 Å². The summed E-state index contributed by atoms with van der Waals surface area (Å²) in [6, 6.07) is 23.4. The van der Waals surface area contributed by atoms with Crippen LogP contribution in [-0.2, 0) is 0 Å². The summed E-state index contributed by atoms with van der Waals surface area (Å²) >= 11 is 0. The molecule has 2 aromatic heterocycles. The number of hydrogen-bond acceptors (Lipinski definition) is 5. The van der Waals surface area contributed by atoms with E-state index >= 15 is 0 Å². The fourth-order valence-electron chi connectivity index (χ4n) is 3.60.